The van der Waals surface area contributed by atoms with E-state index in [4.69, 9.17) is 9.15 Å². The van der Waals surface area contributed by atoms with Gasteiger partial charge in [0.2, 0.25) is 12.1 Å². The van der Waals surface area contributed by atoms with Gasteiger partial charge in [0.1, 0.15) is 11.3 Å². The molecule has 2 heterocycles. The first kappa shape index (κ1) is 25.3. The molecule has 1 atom stereocenters. The van der Waals surface area contributed by atoms with Gasteiger partial charge in [-0.3, -0.25) is 4.79 Å². The summed E-state index contributed by atoms with van der Waals surface area (Å²) in [6, 6.07) is 30.3. The SMILES string of the molecule is COc1ccc(C(=O)C[n+]2cn(C(c3ccccc3)c3cc4ccccc4oc3=O)c3cc(C)c(C)cc32)cc1. The second kappa shape index (κ2) is 10.3. The third-order valence-electron chi connectivity index (χ3n) is 7.52. The normalized spacial score (nSPS) is 12.1. The van der Waals surface area contributed by atoms with Gasteiger partial charge in [0, 0.05) is 16.5 Å². The molecule has 6 heteroatoms. The summed E-state index contributed by atoms with van der Waals surface area (Å²) in [6.07, 6.45) is 1.94. The first-order valence-electron chi connectivity index (χ1n) is 13.2. The minimum Gasteiger partial charge on any atom is -0.497 e. The van der Waals surface area contributed by atoms with Gasteiger partial charge in [-0.25, -0.2) is 13.9 Å². The number of hydrogen-bond donors (Lipinski definition) is 0. The summed E-state index contributed by atoms with van der Waals surface area (Å²) in [4.78, 5) is 26.8. The molecule has 0 spiro atoms. The fourth-order valence-corrected chi connectivity index (χ4v) is 5.25. The van der Waals surface area contributed by atoms with Crippen LogP contribution in [0.3, 0.4) is 0 Å². The van der Waals surface area contributed by atoms with E-state index in [1.54, 1.807) is 37.4 Å². The Kier molecular flexibility index (Phi) is 6.52. The van der Waals surface area contributed by atoms with Crippen molar-refractivity contribution < 1.29 is 18.5 Å². The highest BCUT2D eigenvalue weighted by Crippen LogP contribution is 2.31. The third kappa shape index (κ3) is 4.58. The van der Waals surface area contributed by atoms with Crippen LogP contribution in [0.2, 0.25) is 0 Å². The molecule has 0 saturated heterocycles. The fourth-order valence-electron chi connectivity index (χ4n) is 5.25. The number of ketones is 1. The quantitative estimate of drug-likeness (QED) is 0.141. The van der Waals surface area contributed by atoms with E-state index in [1.165, 1.54) is 0 Å². The molecule has 0 radical (unpaired) electrons. The van der Waals surface area contributed by atoms with Gasteiger partial charge >= 0.3 is 5.63 Å². The van der Waals surface area contributed by atoms with Crippen LogP contribution in [0.25, 0.3) is 22.0 Å². The molecule has 4 aromatic carbocycles. The Morgan fingerprint density at radius 1 is 0.900 bits per heavy atom. The maximum Gasteiger partial charge on any atom is 0.344 e. The van der Waals surface area contributed by atoms with Crippen LogP contribution in [0.5, 0.6) is 5.75 Å². The minimum absolute atomic E-state index is 0.0218. The third-order valence-corrected chi connectivity index (χ3v) is 7.52. The Bertz CT molecular complexity index is 1920. The molecule has 198 valence electrons. The first-order valence-corrected chi connectivity index (χ1v) is 13.2. The molecular formula is C34H29N2O4+. The maximum absolute atomic E-state index is 13.4. The van der Waals surface area contributed by atoms with Crippen LogP contribution in [0.1, 0.15) is 38.7 Å². The Balaban J connectivity index is 1.55. The standard InChI is InChI=1S/C34H29N2O4/c1-22-17-29-30(18-23(22)2)36(21-35(29)20-31(37)24-13-15-27(39-3)16-14-24)33(25-9-5-4-6-10-25)28-19-26-11-7-8-12-32(26)40-34(28)38/h4-19,21,33H,20H2,1-3H3/q+1. The van der Waals surface area contributed by atoms with Gasteiger partial charge in [-0.15, -0.1) is 0 Å². The number of imidazole rings is 1. The zero-order chi connectivity index (χ0) is 27.8. The van der Waals surface area contributed by atoms with Crippen molar-refractivity contribution in [3.05, 3.63) is 142 Å². The van der Waals surface area contributed by atoms with Crippen molar-refractivity contribution in [2.45, 2.75) is 26.4 Å². The van der Waals surface area contributed by atoms with E-state index in [1.807, 2.05) is 65.5 Å². The zero-order valence-corrected chi connectivity index (χ0v) is 22.6. The lowest BCUT2D eigenvalue weighted by Gasteiger charge is -2.15. The van der Waals surface area contributed by atoms with Crippen LogP contribution < -0.4 is 14.9 Å². The lowest BCUT2D eigenvalue weighted by molar-refractivity contribution is -0.658. The number of Topliss-reactive ketones (excluding diaryl/α,β-unsaturated/α-hetero) is 1. The van der Waals surface area contributed by atoms with Crippen LogP contribution in [0, 0.1) is 13.8 Å². The van der Waals surface area contributed by atoms with Crippen LogP contribution in [0.15, 0.2) is 113 Å². The van der Waals surface area contributed by atoms with E-state index in [2.05, 4.69) is 30.5 Å². The van der Waals surface area contributed by atoms with Gasteiger partial charge in [-0.1, -0.05) is 48.5 Å². The summed E-state index contributed by atoms with van der Waals surface area (Å²) in [5, 5.41) is 0.851. The predicted molar refractivity (Wildman–Crippen MR) is 155 cm³/mol. The molecule has 0 fully saturated rings. The smallest absolute Gasteiger partial charge is 0.344 e. The number of nitrogens with zero attached hydrogens (tertiary/aromatic N) is 2. The van der Waals surface area contributed by atoms with Gasteiger partial charge in [-0.05, 0) is 73.5 Å². The number of methoxy groups -OCH3 is 1. The highest BCUT2D eigenvalue weighted by molar-refractivity contribution is 5.95. The minimum atomic E-state index is -0.469. The molecular weight excluding hydrogens is 500 g/mol. The monoisotopic (exact) mass is 529 g/mol. The van der Waals surface area contributed by atoms with Gasteiger partial charge in [0.25, 0.3) is 0 Å². The summed E-state index contributed by atoms with van der Waals surface area (Å²) < 4.78 is 15.1. The Morgan fingerprint density at radius 3 is 2.35 bits per heavy atom. The molecule has 2 aromatic heterocycles. The number of aryl methyl sites for hydroxylation is 2. The number of hydrogen-bond acceptors (Lipinski definition) is 4. The molecule has 1 unspecified atom stereocenters. The Labute approximate surface area is 231 Å². The highest BCUT2D eigenvalue weighted by atomic mass is 16.5. The van der Waals surface area contributed by atoms with E-state index >= 15 is 0 Å². The number of fused-ring (bicyclic) bond motifs is 2. The van der Waals surface area contributed by atoms with Crippen molar-refractivity contribution in [1.29, 1.82) is 0 Å². The fraction of sp³-hybridized carbons (Fsp3) is 0.147. The number of carbonyl (C=O) groups excluding carboxylic acids is 1. The largest absolute Gasteiger partial charge is 0.497 e. The van der Waals surface area contributed by atoms with Crippen LogP contribution in [-0.4, -0.2) is 17.5 Å². The van der Waals surface area contributed by atoms with E-state index in [-0.39, 0.29) is 18.0 Å². The molecule has 0 amide bonds. The predicted octanol–water partition coefficient (Wildman–Crippen LogP) is 6.18. The summed E-state index contributed by atoms with van der Waals surface area (Å²) >= 11 is 0. The number of rotatable bonds is 7. The first-order chi connectivity index (χ1) is 19.4. The van der Waals surface area contributed by atoms with Crippen molar-refractivity contribution in [2.75, 3.05) is 7.11 Å². The number of benzene rings is 4. The lowest BCUT2D eigenvalue weighted by atomic mass is 9.98. The average molecular weight is 530 g/mol. The molecule has 6 aromatic rings. The average Bonchev–Trinajstić information content (AvgIpc) is 3.30. The molecule has 6 rings (SSSR count). The number of carbonyl (C=O) groups is 1. The van der Waals surface area contributed by atoms with Crippen LogP contribution in [0.4, 0.5) is 0 Å². The topological polar surface area (TPSA) is 65.3 Å². The summed E-state index contributed by atoms with van der Waals surface area (Å²) in [6.45, 7) is 4.28. The molecule has 0 aliphatic heterocycles. The Morgan fingerprint density at radius 2 is 1.60 bits per heavy atom. The van der Waals surface area contributed by atoms with Crippen molar-refractivity contribution in [3.63, 3.8) is 0 Å². The molecule has 0 N–H and O–H groups in total. The van der Waals surface area contributed by atoms with E-state index in [0.29, 0.717) is 22.5 Å². The molecule has 0 aliphatic rings. The summed E-state index contributed by atoms with van der Waals surface area (Å²) in [5.74, 6) is 0.679. The van der Waals surface area contributed by atoms with Gasteiger partial charge in [-0.2, -0.15) is 0 Å². The summed E-state index contributed by atoms with van der Waals surface area (Å²) in [7, 11) is 1.60. The number of aromatic nitrogens is 2. The second-order valence-electron chi connectivity index (χ2n) is 10.1. The molecule has 0 saturated carbocycles. The number of para-hydroxylation sites is 1. The second-order valence-corrected chi connectivity index (χ2v) is 10.1. The number of ether oxygens (including phenoxy) is 1. The van der Waals surface area contributed by atoms with E-state index < -0.39 is 6.04 Å². The lowest BCUT2D eigenvalue weighted by Crippen LogP contribution is -2.37. The Hall–Kier alpha value is -4.97. The van der Waals surface area contributed by atoms with Crippen LogP contribution in [-0.2, 0) is 6.54 Å². The van der Waals surface area contributed by atoms with Crippen molar-refractivity contribution in [2.24, 2.45) is 0 Å². The van der Waals surface area contributed by atoms with E-state index in [0.717, 1.165) is 33.1 Å². The van der Waals surface area contributed by atoms with Crippen molar-refractivity contribution in [3.8, 4) is 5.75 Å². The molecule has 0 aliphatic carbocycles. The molecule has 40 heavy (non-hydrogen) atoms. The van der Waals surface area contributed by atoms with Crippen LogP contribution >= 0.6 is 0 Å². The highest BCUT2D eigenvalue weighted by Gasteiger charge is 2.30. The van der Waals surface area contributed by atoms with Gasteiger partial charge in [0.05, 0.1) is 12.7 Å². The molecule has 6 nitrogen and oxygen atoms in total. The van der Waals surface area contributed by atoms with Gasteiger partial charge < -0.3 is 9.15 Å². The van der Waals surface area contributed by atoms with Crippen molar-refractivity contribution in [1.82, 2.24) is 4.57 Å². The zero-order valence-electron chi connectivity index (χ0n) is 22.6. The van der Waals surface area contributed by atoms with E-state index in [9.17, 15) is 9.59 Å². The maximum atomic E-state index is 13.4. The van der Waals surface area contributed by atoms with Gasteiger partial charge in [0.15, 0.2) is 23.6 Å². The summed E-state index contributed by atoms with van der Waals surface area (Å²) in [5.41, 5.74) is 6.31. The van der Waals surface area contributed by atoms with Crippen molar-refractivity contribution >= 4 is 27.8 Å². The molecule has 0 bridgehead atoms.